The molecule has 4 aliphatic heterocycles. The highest BCUT2D eigenvalue weighted by molar-refractivity contribution is 6.13. The first-order valence-corrected chi connectivity index (χ1v) is 17.5. The number of nitrogens with zero attached hydrogens (tertiary/aromatic N) is 1. The summed E-state index contributed by atoms with van der Waals surface area (Å²) in [4.78, 5) is 69.7. The molecular weight excluding hydrogens is 716 g/mol. The standard InChI is InChI=1S/C39H44N4O12/c1-7-20-19(6)36(50)43-27(20)14-25-18(5)23(10-12-31(46)54-39-34(49)32(47)33(48)35(55-39)38(52)53)29(41-25)15-28-22(9-11-30(44)45)17(4)24(40-28)13-26-16(3)21(8-2)37(51)42-26/h7-8,13-14,28,32-35,39,41,47-49H,1-2,9-12,15H2,3-6H3,(H,42,51)(H,43,50)(H,44,45)(H,52,53)/b26-13+,27-14+/t28-,32+,33+,34+,35+,39-/m0/s1. The number of hydrogen-bond donors (Lipinski definition) is 8. The van der Waals surface area contributed by atoms with Crippen LogP contribution in [0.25, 0.3) is 6.08 Å². The number of H-pyrrole nitrogens is 1. The minimum Gasteiger partial charge on any atom is -0.481 e. The Hall–Kier alpha value is -5.68. The van der Waals surface area contributed by atoms with Crippen LogP contribution in [0.3, 0.4) is 0 Å². The van der Waals surface area contributed by atoms with E-state index in [0.717, 1.165) is 11.1 Å². The van der Waals surface area contributed by atoms with E-state index in [-0.39, 0.29) is 43.9 Å². The second kappa shape index (κ2) is 16.4. The smallest absolute Gasteiger partial charge is 0.335 e. The van der Waals surface area contributed by atoms with Gasteiger partial charge in [0.15, 0.2) is 6.10 Å². The van der Waals surface area contributed by atoms with E-state index in [0.29, 0.717) is 61.9 Å². The van der Waals surface area contributed by atoms with Crippen LogP contribution in [-0.4, -0.2) is 103 Å². The van der Waals surface area contributed by atoms with E-state index in [1.807, 2.05) is 13.8 Å². The SMILES string of the molecule is C=CC1=C(C)/C(=C\C2=N[C@@H](Cc3[nH]c(/C=C4/NC(=O)C(C)=C4C=C)c(C)c3CCC(=O)O[C@H]3O[C@@H](C(=O)O)[C@H](O)[C@@H](O)[C@H]3O)C(CCC(=O)O)=C2C)NC1=O. The molecule has 16 heteroatoms. The van der Waals surface area contributed by atoms with Gasteiger partial charge in [-0.05, 0) is 80.5 Å². The van der Waals surface area contributed by atoms with E-state index in [1.165, 1.54) is 6.08 Å². The molecule has 0 aliphatic carbocycles. The Balaban J connectivity index is 1.49. The largest absolute Gasteiger partial charge is 0.481 e. The third-order valence-corrected chi connectivity index (χ3v) is 10.3. The summed E-state index contributed by atoms with van der Waals surface area (Å²) < 4.78 is 10.3. The molecule has 55 heavy (non-hydrogen) atoms. The molecule has 8 N–H and O–H groups in total. The van der Waals surface area contributed by atoms with Crippen molar-refractivity contribution >= 4 is 41.5 Å². The normalized spacial score (nSPS) is 26.9. The zero-order valence-corrected chi connectivity index (χ0v) is 30.8. The number of aliphatic carboxylic acids is 2. The topological polar surface area (TPSA) is 257 Å². The molecular formula is C39H44N4O12. The number of nitrogens with one attached hydrogen (secondary N) is 3. The maximum absolute atomic E-state index is 13.1. The number of esters is 1. The number of aliphatic hydroxyl groups is 3. The molecule has 1 fully saturated rings. The Morgan fingerprint density at radius 3 is 2.13 bits per heavy atom. The number of carboxylic acid groups (broad SMARTS) is 2. The van der Waals surface area contributed by atoms with Crippen LogP contribution in [-0.2, 0) is 46.3 Å². The van der Waals surface area contributed by atoms with Crippen LogP contribution in [0.1, 0.15) is 62.5 Å². The van der Waals surface area contributed by atoms with Crippen LogP contribution in [0, 0.1) is 6.92 Å². The van der Waals surface area contributed by atoms with E-state index in [4.69, 9.17) is 14.5 Å². The highest BCUT2D eigenvalue weighted by Crippen LogP contribution is 2.34. The number of carbonyl (C=O) groups is 5. The first-order valence-electron chi connectivity index (χ1n) is 17.5. The summed E-state index contributed by atoms with van der Waals surface area (Å²) in [5, 5.41) is 55.1. The van der Waals surface area contributed by atoms with Crippen molar-refractivity contribution in [3.05, 3.63) is 98.7 Å². The predicted octanol–water partition coefficient (Wildman–Crippen LogP) is 1.73. The first-order chi connectivity index (χ1) is 26.0. The summed E-state index contributed by atoms with van der Waals surface area (Å²) in [6.07, 6.45) is -3.08. The first kappa shape index (κ1) is 40.5. The number of aromatic nitrogens is 1. The summed E-state index contributed by atoms with van der Waals surface area (Å²) in [7, 11) is 0. The van der Waals surface area contributed by atoms with Gasteiger partial charge in [-0.15, -0.1) is 0 Å². The number of allylic oxidation sites excluding steroid dienone is 4. The molecule has 292 valence electrons. The monoisotopic (exact) mass is 760 g/mol. The number of aliphatic imine (C=N–C) groups is 1. The summed E-state index contributed by atoms with van der Waals surface area (Å²) in [6, 6.07) is -0.542. The number of carbonyl (C=O) groups excluding carboxylic acids is 3. The van der Waals surface area contributed by atoms with Crippen molar-refractivity contribution in [2.45, 2.75) is 96.5 Å². The molecule has 0 unspecified atom stereocenters. The minimum absolute atomic E-state index is 0.0619. The predicted molar refractivity (Wildman–Crippen MR) is 197 cm³/mol. The van der Waals surface area contributed by atoms with Crippen LogP contribution < -0.4 is 10.6 Å². The van der Waals surface area contributed by atoms with E-state index in [1.54, 1.807) is 32.1 Å². The van der Waals surface area contributed by atoms with Gasteiger partial charge < -0.3 is 50.6 Å². The second-order valence-corrected chi connectivity index (χ2v) is 13.6. The average molecular weight is 761 g/mol. The van der Waals surface area contributed by atoms with Crippen molar-refractivity contribution in [2.75, 3.05) is 0 Å². The lowest BCUT2D eigenvalue weighted by molar-refractivity contribution is -0.286. The van der Waals surface area contributed by atoms with Crippen LogP contribution >= 0.6 is 0 Å². The Bertz CT molecular complexity index is 2060. The number of aromatic amines is 1. The van der Waals surface area contributed by atoms with Gasteiger partial charge in [0.25, 0.3) is 11.8 Å². The Labute approximate surface area is 316 Å². The lowest BCUT2D eigenvalue weighted by atomic mass is 9.93. The number of aliphatic hydroxyl groups excluding tert-OH is 3. The maximum Gasteiger partial charge on any atom is 0.335 e. The van der Waals surface area contributed by atoms with Gasteiger partial charge in [0.2, 0.25) is 6.29 Å². The quantitative estimate of drug-likeness (QED) is 0.126. The van der Waals surface area contributed by atoms with Gasteiger partial charge in [-0.25, -0.2) is 4.79 Å². The highest BCUT2D eigenvalue weighted by Gasteiger charge is 2.48. The third-order valence-electron chi connectivity index (χ3n) is 10.3. The van der Waals surface area contributed by atoms with E-state index in [9.17, 15) is 49.5 Å². The zero-order valence-electron chi connectivity index (χ0n) is 30.8. The molecule has 1 saturated heterocycles. The number of rotatable bonds is 14. The van der Waals surface area contributed by atoms with E-state index in [2.05, 4.69) is 28.8 Å². The molecule has 5 heterocycles. The van der Waals surface area contributed by atoms with Crippen LogP contribution in [0.4, 0.5) is 0 Å². The number of hydrogen-bond acceptors (Lipinski definition) is 11. The fourth-order valence-corrected chi connectivity index (χ4v) is 7.06. The van der Waals surface area contributed by atoms with Crippen molar-refractivity contribution < 1.29 is 59.0 Å². The van der Waals surface area contributed by atoms with Gasteiger partial charge in [-0.1, -0.05) is 25.3 Å². The van der Waals surface area contributed by atoms with Crippen LogP contribution in [0.5, 0.6) is 0 Å². The molecule has 0 saturated carbocycles. The lowest BCUT2D eigenvalue weighted by Crippen LogP contribution is -2.60. The third kappa shape index (κ3) is 8.22. The Kier molecular flexibility index (Phi) is 12.0. The van der Waals surface area contributed by atoms with Gasteiger partial charge in [0.05, 0.1) is 17.5 Å². The summed E-state index contributed by atoms with van der Waals surface area (Å²) in [5.41, 5.74) is 7.97. The molecule has 4 aliphatic rings. The van der Waals surface area contributed by atoms with Crippen molar-refractivity contribution in [3.8, 4) is 0 Å². The molecule has 0 bridgehead atoms. The molecule has 5 rings (SSSR count). The number of amides is 2. The van der Waals surface area contributed by atoms with Gasteiger partial charge in [0.1, 0.15) is 18.3 Å². The minimum atomic E-state index is -1.96. The number of carboxylic acids is 2. The number of ether oxygens (including phenoxy) is 2. The zero-order chi connectivity index (χ0) is 40.5. The summed E-state index contributed by atoms with van der Waals surface area (Å²) in [6.45, 7) is 14.6. The molecule has 16 nitrogen and oxygen atoms in total. The van der Waals surface area contributed by atoms with Crippen LogP contribution in [0.2, 0.25) is 0 Å². The van der Waals surface area contributed by atoms with Crippen LogP contribution in [0.15, 0.2) is 81.2 Å². The second-order valence-electron chi connectivity index (χ2n) is 13.6. The van der Waals surface area contributed by atoms with Gasteiger partial charge >= 0.3 is 17.9 Å². The average Bonchev–Trinajstić information content (AvgIpc) is 3.78. The van der Waals surface area contributed by atoms with Crippen molar-refractivity contribution in [1.29, 1.82) is 0 Å². The molecule has 1 aromatic rings. The fraction of sp³-hybridized carbons (Fsp3) is 0.385. The van der Waals surface area contributed by atoms with E-state index >= 15 is 0 Å². The van der Waals surface area contributed by atoms with Crippen molar-refractivity contribution in [1.82, 2.24) is 15.6 Å². The fourth-order valence-electron chi connectivity index (χ4n) is 7.06. The summed E-state index contributed by atoms with van der Waals surface area (Å²) in [5.74, 6) is -4.09. The molecule has 0 aromatic carbocycles. The molecule has 0 spiro atoms. The van der Waals surface area contributed by atoms with E-state index < -0.39 is 54.7 Å². The molecule has 2 amide bonds. The molecule has 0 radical (unpaired) electrons. The van der Waals surface area contributed by atoms with Gasteiger partial charge in [-0.2, -0.15) is 0 Å². The van der Waals surface area contributed by atoms with Gasteiger partial charge in [-0.3, -0.25) is 24.2 Å². The maximum atomic E-state index is 13.1. The van der Waals surface area contributed by atoms with Crippen molar-refractivity contribution in [3.63, 3.8) is 0 Å². The Morgan fingerprint density at radius 2 is 1.51 bits per heavy atom. The van der Waals surface area contributed by atoms with Crippen molar-refractivity contribution in [2.24, 2.45) is 4.99 Å². The molecule has 6 atom stereocenters. The summed E-state index contributed by atoms with van der Waals surface area (Å²) >= 11 is 0. The Morgan fingerprint density at radius 1 is 0.836 bits per heavy atom. The van der Waals surface area contributed by atoms with Gasteiger partial charge in [0, 0.05) is 53.1 Å². The highest BCUT2D eigenvalue weighted by atomic mass is 16.7. The lowest BCUT2D eigenvalue weighted by Gasteiger charge is -2.37. The molecule has 1 aromatic heterocycles.